The highest BCUT2D eigenvalue weighted by molar-refractivity contribution is 7.12. The molecule has 1 aliphatic heterocycles. The van der Waals surface area contributed by atoms with Crippen molar-refractivity contribution in [1.29, 1.82) is 0 Å². The van der Waals surface area contributed by atoms with Crippen LogP contribution in [-0.2, 0) is 20.6 Å². The average molecular weight is 298 g/mol. The highest BCUT2D eigenvalue weighted by Gasteiger charge is 2.32. The van der Waals surface area contributed by atoms with Crippen molar-refractivity contribution < 1.29 is 19.0 Å². The van der Waals surface area contributed by atoms with Crippen LogP contribution < -0.4 is 0 Å². The van der Waals surface area contributed by atoms with Gasteiger partial charge in [0.1, 0.15) is 4.88 Å². The lowest BCUT2D eigenvalue weighted by Gasteiger charge is -2.17. The number of esters is 1. The molecule has 0 bridgehead atoms. The predicted octanol–water partition coefficient (Wildman–Crippen LogP) is 3.32. The Hall–Kier alpha value is -0.910. The lowest BCUT2D eigenvalue weighted by molar-refractivity contribution is -0.138. The standard InChI is InChI=1S/C15H22O4S/c1-5-17-14(16)13-10(2)11(9-20-13)6-7-12-8-18-15(3,4)19-12/h9,12H,5-8H2,1-4H3/t12-/m0/s1. The monoisotopic (exact) mass is 298 g/mol. The van der Waals surface area contributed by atoms with Crippen LogP contribution >= 0.6 is 11.3 Å². The molecular formula is C15H22O4S. The highest BCUT2D eigenvalue weighted by Crippen LogP contribution is 2.28. The first-order valence-corrected chi connectivity index (χ1v) is 7.86. The maximum atomic E-state index is 11.8. The van der Waals surface area contributed by atoms with Crippen LogP contribution in [0.3, 0.4) is 0 Å². The van der Waals surface area contributed by atoms with E-state index in [1.165, 1.54) is 16.9 Å². The molecule has 1 saturated heterocycles. The Bertz CT molecular complexity index is 478. The molecule has 5 heteroatoms. The van der Waals surface area contributed by atoms with E-state index in [1.54, 1.807) is 0 Å². The van der Waals surface area contributed by atoms with Gasteiger partial charge >= 0.3 is 5.97 Å². The molecule has 0 amide bonds. The molecule has 1 atom stereocenters. The smallest absolute Gasteiger partial charge is 0.348 e. The molecule has 0 spiro atoms. The highest BCUT2D eigenvalue weighted by atomic mass is 32.1. The van der Waals surface area contributed by atoms with Crippen LogP contribution in [0.15, 0.2) is 5.38 Å². The van der Waals surface area contributed by atoms with E-state index in [2.05, 4.69) is 0 Å². The Balaban J connectivity index is 1.93. The van der Waals surface area contributed by atoms with Gasteiger partial charge in [-0.25, -0.2) is 4.79 Å². The van der Waals surface area contributed by atoms with Crippen LogP contribution in [0.2, 0.25) is 0 Å². The third kappa shape index (κ3) is 3.59. The van der Waals surface area contributed by atoms with Crippen molar-refractivity contribution in [2.45, 2.75) is 52.4 Å². The minimum atomic E-state index is -0.468. The Kier molecular flexibility index (Phi) is 4.83. The van der Waals surface area contributed by atoms with Crippen molar-refractivity contribution >= 4 is 17.3 Å². The Morgan fingerprint density at radius 3 is 2.90 bits per heavy atom. The maximum Gasteiger partial charge on any atom is 0.348 e. The quantitative estimate of drug-likeness (QED) is 0.782. The first kappa shape index (κ1) is 15.5. The molecule has 1 aromatic heterocycles. The molecule has 0 unspecified atom stereocenters. The Labute approximate surface area is 124 Å². The van der Waals surface area contributed by atoms with Crippen molar-refractivity contribution in [3.8, 4) is 0 Å². The summed E-state index contributed by atoms with van der Waals surface area (Å²) in [7, 11) is 0. The van der Waals surface area contributed by atoms with E-state index < -0.39 is 5.79 Å². The van der Waals surface area contributed by atoms with E-state index in [-0.39, 0.29) is 12.1 Å². The summed E-state index contributed by atoms with van der Waals surface area (Å²) in [5.41, 5.74) is 2.23. The zero-order valence-corrected chi connectivity index (χ0v) is 13.3. The summed E-state index contributed by atoms with van der Waals surface area (Å²) in [6.07, 6.45) is 1.94. The third-order valence-electron chi connectivity index (χ3n) is 3.41. The number of ether oxygens (including phenoxy) is 3. The van der Waals surface area contributed by atoms with E-state index in [0.717, 1.165) is 18.4 Å². The number of aryl methyl sites for hydroxylation is 1. The topological polar surface area (TPSA) is 44.8 Å². The fourth-order valence-electron chi connectivity index (χ4n) is 2.32. The number of hydrogen-bond donors (Lipinski definition) is 0. The van der Waals surface area contributed by atoms with E-state index in [9.17, 15) is 4.79 Å². The van der Waals surface area contributed by atoms with E-state index >= 15 is 0 Å². The second-order valence-electron chi connectivity index (χ2n) is 5.42. The van der Waals surface area contributed by atoms with E-state index in [4.69, 9.17) is 14.2 Å². The zero-order valence-electron chi connectivity index (χ0n) is 12.5. The Morgan fingerprint density at radius 2 is 2.30 bits per heavy atom. The van der Waals surface area contributed by atoms with Gasteiger partial charge in [-0.05, 0) is 57.0 Å². The summed E-state index contributed by atoms with van der Waals surface area (Å²) in [6.45, 7) is 8.72. The fraction of sp³-hybridized carbons (Fsp3) is 0.667. The minimum Gasteiger partial charge on any atom is -0.462 e. The maximum absolute atomic E-state index is 11.8. The van der Waals surface area contributed by atoms with Gasteiger partial charge in [0.25, 0.3) is 0 Å². The summed E-state index contributed by atoms with van der Waals surface area (Å²) in [5, 5.41) is 2.04. The van der Waals surface area contributed by atoms with Crippen molar-refractivity contribution in [3.63, 3.8) is 0 Å². The van der Waals surface area contributed by atoms with Crippen molar-refractivity contribution in [1.82, 2.24) is 0 Å². The minimum absolute atomic E-state index is 0.135. The lowest BCUT2D eigenvalue weighted by atomic mass is 10.1. The first-order chi connectivity index (χ1) is 9.43. The molecule has 20 heavy (non-hydrogen) atoms. The van der Waals surface area contributed by atoms with Crippen molar-refractivity contribution in [2.75, 3.05) is 13.2 Å². The summed E-state index contributed by atoms with van der Waals surface area (Å²) in [5.74, 6) is -0.687. The number of carbonyl (C=O) groups excluding carboxylic acids is 1. The SMILES string of the molecule is CCOC(=O)c1scc(CC[C@H]2COC(C)(C)O2)c1C. The predicted molar refractivity (Wildman–Crippen MR) is 78.2 cm³/mol. The van der Waals surface area contributed by atoms with Crippen LogP contribution in [-0.4, -0.2) is 31.1 Å². The molecule has 0 radical (unpaired) electrons. The molecular weight excluding hydrogens is 276 g/mol. The van der Waals surface area contributed by atoms with Gasteiger partial charge in [0, 0.05) is 0 Å². The Morgan fingerprint density at radius 1 is 1.55 bits per heavy atom. The van der Waals surface area contributed by atoms with Crippen LogP contribution in [0.25, 0.3) is 0 Å². The zero-order chi connectivity index (χ0) is 14.8. The van der Waals surface area contributed by atoms with Crippen molar-refractivity contribution in [2.24, 2.45) is 0 Å². The lowest BCUT2D eigenvalue weighted by Crippen LogP contribution is -2.21. The first-order valence-electron chi connectivity index (χ1n) is 6.99. The average Bonchev–Trinajstić information content (AvgIpc) is 2.90. The van der Waals surface area contributed by atoms with Crippen LogP contribution in [0.5, 0.6) is 0 Å². The number of rotatable bonds is 5. The molecule has 112 valence electrons. The van der Waals surface area contributed by atoms with Gasteiger partial charge in [0.05, 0.1) is 19.3 Å². The van der Waals surface area contributed by atoms with Gasteiger partial charge in [0.2, 0.25) is 0 Å². The van der Waals surface area contributed by atoms with Crippen molar-refractivity contribution in [3.05, 3.63) is 21.4 Å². The molecule has 0 N–H and O–H groups in total. The van der Waals surface area contributed by atoms with E-state index in [1.807, 2.05) is 33.1 Å². The fourth-order valence-corrected chi connectivity index (χ4v) is 3.34. The second kappa shape index (κ2) is 6.24. The molecule has 1 fully saturated rings. The molecule has 0 aliphatic carbocycles. The largest absolute Gasteiger partial charge is 0.462 e. The van der Waals surface area contributed by atoms with E-state index in [0.29, 0.717) is 18.1 Å². The van der Waals surface area contributed by atoms with Gasteiger partial charge in [-0.15, -0.1) is 11.3 Å². The second-order valence-corrected chi connectivity index (χ2v) is 6.30. The normalized spacial score (nSPS) is 21.1. The summed E-state index contributed by atoms with van der Waals surface area (Å²) >= 11 is 1.46. The summed E-state index contributed by atoms with van der Waals surface area (Å²) in [4.78, 5) is 12.5. The van der Waals surface area contributed by atoms with Gasteiger partial charge in [0.15, 0.2) is 5.79 Å². The van der Waals surface area contributed by atoms with Crippen LogP contribution in [0.4, 0.5) is 0 Å². The molecule has 1 aliphatic rings. The van der Waals surface area contributed by atoms with Gasteiger partial charge < -0.3 is 14.2 Å². The third-order valence-corrected chi connectivity index (χ3v) is 4.52. The molecule has 4 nitrogen and oxygen atoms in total. The summed E-state index contributed by atoms with van der Waals surface area (Å²) in [6, 6.07) is 0. The van der Waals surface area contributed by atoms with Gasteiger partial charge in [-0.3, -0.25) is 0 Å². The summed E-state index contributed by atoms with van der Waals surface area (Å²) < 4.78 is 16.4. The number of carbonyl (C=O) groups is 1. The molecule has 0 aromatic carbocycles. The van der Waals surface area contributed by atoms with Gasteiger partial charge in [-0.1, -0.05) is 0 Å². The molecule has 1 aromatic rings. The van der Waals surface area contributed by atoms with Crippen LogP contribution in [0, 0.1) is 6.92 Å². The van der Waals surface area contributed by atoms with Gasteiger partial charge in [-0.2, -0.15) is 0 Å². The molecule has 2 rings (SSSR count). The van der Waals surface area contributed by atoms with Crippen LogP contribution in [0.1, 0.15) is 48.0 Å². The molecule has 0 saturated carbocycles. The molecule has 2 heterocycles. The number of hydrogen-bond acceptors (Lipinski definition) is 5. The number of thiophene rings is 1.